The van der Waals surface area contributed by atoms with E-state index in [0.29, 0.717) is 0 Å². The van der Waals surface area contributed by atoms with Gasteiger partial charge in [0.15, 0.2) is 0 Å². The maximum absolute atomic E-state index is 11.4. The van der Waals surface area contributed by atoms with Crippen molar-refractivity contribution in [2.75, 3.05) is 0 Å². The first kappa shape index (κ1) is 10.3. The zero-order valence-electron chi connectivity index (χ0n) is 8.19. The summed E-state index contributed by atoms with van der Waals surface area (Å²) in [7, 11) is 0. The molecule has 0 aromatic carbocycles. The maximum Gasteiger partial charge on any atom is 0.242 e. The van der Waals surface area contributed by atoms with Crippen LogP contribution in [0.2, 0.25) is 0 Å². The fourth-order valence-electron chi connectivity index (χ4n) is 0.886. The lowest BCUT2D eigenvalue weighted by Gasteiger charge is -2.19. The molecule has 0 aliphatic rings. The molecule has 1 rings (SSSR count). The Kier molecular flexibility index (Phi) is 2.87. The molecule has 0 unspecified atom stereocenters. The maximum atomic E-state index is 11.4. The van der Waals surface area contributed by atoms with Gasteiger partial charge in [0, 0.05) is 0 Å². The predicted molar refractivity (Wildman–Crippen MR) is 51.1 cm³/mol. The summed E-state index contributed by atoms with van der Waals surface area (Å²) >= 11 is 0. The number of terminal acetylenes is 1. The van der Waals surface area contributed by atoms with Crippen molar-refractivity contribution in [3.05, 3.63) is 12.7 Å². The second-order valence-corrected chi connectivity index (χ2v) is 3.41. The molecule has 1 N–H and O–H groups in total. The van der Waals surface area contributed by atoms with Crippen LogP contribution < -0.4 is 5.32 Å². The van der Waals surface area contributed by atoms with E-state index >= 15 is 0 Å². The average Bonchev–Trinajstić information content (AvgIpc) is 2.55. The van der Waals surface area contributed by atoms with Crippen molar-refractivity contribution < 1.29 is 4.79 Å². The van der Waals surface area contributed by atoms with Crippen LogP contribution in [-0.2, 0) is 11.3 Å². The third-order valence-electron chi connectivity index (χ3n) is 1.58. The summed E-state index contributed by atoms with van der Waals surface area (Å²) in [6, 6.07) is 0. The molecule has 1 aromatic rings. The summed E-state index contributed by atoms with van der Waals surface area (Å²) in [6.07, 6.45) is 8.08. The van der Waals surface area contributed by atoms with Gasteiger partial charge in [-0.15, -0.1) is 6.42 Å². The number of carbonyl (C=O) groups is 1. The highest BCUT2D eigenvalue weighted by atomic mass is 16.2. The minimum atomic E-state index is -0.627. The molecule has 1 aromatic heterocycles. The number of amides is 1. The lowest BCUT2D eigenvalue weighted by atomic mass is 10.1. The van der Waals surface area contributed by atoms with Crippen LogP contribution in [0.25, 0.3) is 0 Å². The van der Waals surface area contributed by atoms with Gasteiger partial charge in [0.05, 0.1) is 5.54 Å². The number of hydrogen-bond acceptors (Lipinski definition) is 3. The van der Waals surface area contributed by atoms with Crippen molar-refractivity contribution in [3.8, 4) is 12.3 Å². The van der Waals surface area contributed by atoms with Crippen LogP contribution in [-0.4, -0.2) is 26.2 Å². The van der Waals surface area contributed by atoms with Gasteiger partial charge in [-0.25, -0.2) is 9.67 Å². The zero-order chi connectivity index (χ0) is 10.6. The summed E-state index contributed by atoms with van der Waals surface area (Å²) in [6.45, 7) is 3.64. The molecular formula is C9H12N4O. The molecule has 1 heterocycles. The lowest BCUT2D eigenvalue weighted by Crippen LogP contribution is -2.43. The standard InChI is InChI=1S/C9H12N4O/c1-4-9(2,3)12-8(14)5-13-7-10-6-11-13/h1,6-7H,5H2,2-3H3,(H,12,14). The predicted octanol–water partition coefficient (Wildman–Crippen LogP) is -0.194. The second-order valence-electron chi connectivity index (χ2n) is 3.41. The summed E-state index contributed by atoms with van der Waals surface area (Å²) < 4.78 is 1.43. The van der Waals surface area contributed by atoms with E-state index in [-0.39, 0.29) is 12.5 Å². The van der Waals surface area contributed by atoms with Crippen molar-refractivity contribution in [2.24, 2.45) is 0 Å². The fourth-order valence-corrected chi connectivity index (χ4v) is 0.886. The van der Waals surface area contributed by atoms with Gasteiger partial charge >= 0.3 is 0 Å². The van der Waals surface area contributed by atoms with Crippen molar-refractivity contribution in [1.82, 2.24) is 20.1 Å². The molecule has 0 aliphatic carbocycles. The van der Waals surface area contributed by atoms with Crippen LogP contribution in [0.5, 0.6) is 0 Å². The first-order valence-electron chi connectivity index (χ1n) is 4.15. The second kappa shape index (κ2) is 3.92. The van der Waals surface area contributed by atoms with E-state index in [1.54, 1.807) is 13.8 Å². The molecule has 0 radical (unpaired) electrons. The minimum Gasteiger partial charge on any atom is -0.339 e. The van der Waals surface area contributed by atoms with E-state index in [2.05, 4.69) is 21.3 Å². The summed E-state index contributed by atoms with van der Waals surface area (Å²) in [5, 5.41) is 6.49. The normalized spacial score (nSPS) is 10.6. The highest BCUT2D eigenvalue weighted by Crippen LogP contribution is 1.98. The van der Waals surface area contributed by atoms with Crippen molar-refractivity contribution in [3.63, 3.8) is 0 Å². The molecule has 0 saturated carbocycles. The number of aromatic nitrogens is 3. The van der Waals surface area contributed by atoms with E-state index in [0.717, 1.165) is 0 Å². The van der Waals surface area contributed by atoms with Gasteiger partial charge in [-0.3, -0.25) is 4.79 Å². The molecule has 0 bridgehead atoms. The summed E-state index contributed by atoms with van der Waals surface area (Å²) in [5.41, 5.74) is -0.627. The molecule has 14 heavy (non-hydrogen) atoms. The molecular weight excluding hydrogens is 180 g/mol. The Labute approximate surface area is 82.5 Å². The Morgan fingerprint density at radius 3 is 2.93 bits per heavy atom. The third-order valence-corrected chi connectivity index (χ3v) is 1.58. The smallest absolute Gasteiger partial charge is 0.242 e. The molecule has 5 heteroatoms. The Hall–Kier alpha value is -1.83. The van der Waals surface area contributed by atoms with Crippen LogP contribution in [0.3, 0.4) is 0 Å². The quantitative estimate of drug-likeness (QED) is 0.675. The first-order valence-corrected chi connectivity index (χ1v) is 4.15. The van der Waals surface area contributed by atoms with E-state index in [1.807, 2.05) is 0 Å². The van der Waals surface area contributed by atoms with Gasteiger partial charge in [-0.1, -0.05) is 5.92 Å². The summed E-state index contributed by atoms with van der Waals surface area (Å²) in [4.78, 5) is 15.1. The number of hydrogen-bond donors (Lipinski definition) is 1. The summed E-state index contributed by atoms with van der Waals surface area (Å²) in [5.74, 6) is 2.29. The highest BCUT2D eigenvalue weighted by Gasteiger charge is 2.16. The minimum absolute atomic E-state index is 0.130. The number of nitrogens with one attached hydrogen (secondary N) is 1. The van der Waals surface area contributed by atoms with Crippen LogP contribution in [0, 0.1) is 12.3 Å². The molecule has 0 aliphatic heterocycles. The number of nitrogens with zero attached hydrogens (tertiary/aromatic N) is 3. The number of rotatable bonds is 3. The van der Waals surface area contributed by atoms with Gasteiger partial charge < -0.3 is 5.32 Å². The molecule has 74 valence electrons. The van der Waals surface area contributed by atoms with Gasteiger partial charge in [-0.05, 0) is 13.8 Å². The van der Waals surface area contributed by atoms with Crippen LogP contribution in [0.4, 0.5) is 0 Å². The van der Waals surface area contributed by atoms with Gasteiger partial charge in [0.1, 0.15) is 19.2 Å². The van der Waals surface area contributed by atoms with E-state index in [9.17, 15) is 4.79 Å². The fraction of sp³-hybridized carbons (Fsp3) is 0.444. The Morgan fingerprint density at radius 1 is 1.71 bits per heavy atom. The largest absolute Gasteiger partial charge is 0.339 e. The van der Waals surface area contributed by atoms with Crippen LogP contribution >= 0.6 is 0 Å². The highest BCUT2D eigenvalue weighted by molar-refractivity contribution is 5.76. The molecule has 0 atom stereocenters. The molecule has 0 fully saturated rings. The van der Waals surface area contributed by atoms with Crippen LogP contribution in [0.15, 0.2) is 12.7 Å². The SMILES string of the molecule is C#CC(C)(C)NC(=O)Cn1cncn1. The van der Waals surface area contributed by atoms with E-state index < -0.39 is 5.54 Å². The van der Waals surface area contributed by atoms with Crippen molar-refractivity contribution in [1.29, 1.82) is 0 Å². The van der Waals surface area contributed by atoms with Gasteiger partial charge in [0.2, 0.25) is 5.91 Å². The topological polar surface area (TPSA) is 59.8 Å². The monoisotopic (exact) mass is 192 g/mol. The van der Waals surface area contributed by atoms with E-state index in [4.69, 9.17) is 6.42 Å². The van der Waals surface area contributed by atoms with Gasteiger partial charge in [0.25, 0.3) is 0 Å². The molecule has 1 amide bonds. The van der Waals surface area contributed by atoms with Crippen molar-refractivity contribution in [2.45, 2.75) is 25.9 Å². The third kappa shape index (κ3) is 2.90. The van der Waals surface area contributed by atoms with Crippen molar-refractivity contribution >= 4 is 5.91 Å². The van der Waals surface area contributed by atoms with Crippen LogP contribution in [0.1, 0.15) is 13.8 Å². The molecule has 0 saturated heterocycles. The lowest BCUT2D eigenvalue weighted by molar-refractivity contribution is -0.122. The Bertz CT molecular complexity index is 347. The Morgan fingerprint density at radius 2 is 2.43 bits per heavy atom. The number of carbonyl (C=O) groups excluding carboxylic acids is 1. The molecule has 5 nitrogen and oxygen atoms in total. The Balaban J connectivity index is 2.49. The zero-order valence-corrected chi connectivity index (χ0v) is 8.19. The van der Waals surface area contributed by atoms with Gasteiger partial charge in [-0.2, -0.15) is 5.10 Å². The van der Waals surface area contributed by atoms with E-state index in [1.165, 1.54) is 17.3 Å². The first-order chi connectivity index (χ1) is 6.53. The molecule has 0 spiro atoms. The average molecular weight is 192 g/mol.